The van der Waals surface area contributed by atoms with Crippen LogP contribution in [-0.2, 0) is 0 Å². The van der Waals surface area contributed by atoms with Gasteiger partial charge in [-0.1, -0.05) is 52.4 Å². The van der Waals surface area contributed by atoms with Gasteiger partial charge in [-0.2, -0.15) is 0 Å². The summed E-state index contributed by atoms with van der Waals surface area (Å²) in [6.45, 7) is 4.59. The highest BCUT2D eigenvalue weighted by Crippen LogP contribution is 2.34. The summed E-state index contributed by atoms with van der Waals surface area (Å²) in [5.41, 5.74) is 0. The van der Waals surface area contributed by atoms with Crippen molar-refractivity contribution in [1.82, 2.24) is 0 Å². The smallest absolute Gasteiger partial charge is 0.0834 e. The molecule has 0 saturated heterocycles. The molecule has 1 aromatic heterocycles. The molecule has 1 aromatic rings. The van der Waals surface area contributed by atoms with E-state index in [2.05, 4.69) is 41.2 Å². The van der Waals surface area contributed by atoms with Crippen LogP contribution >= 0.6 is 39.0 Å². The molecular weight excluding hydrogens is 336 g/mol. The molecule has 0 amide bonds. The number of halogens is 1. The topological polar surface area (TPSA) is 0 Å². The van der Waals surface area contributed by atoms with E-state index in [1.165, 1.54) is 65.8 Å². The lowest BCUT2D eigenvalue weighted by atomic mass is 9.97. The molecule has 0 saturated carbocycles. The first kappa shape index (κ1) is 17.6. The molecular formula is C16H27BrS2. The highest BCUT2D eigenvalue weighted by Gasteiger charge is 2.10. The number of rotatable bonds is 11. The highest BCUT2D eigenvalue weighted by atomic mass is 79.9. The standard InChI is InChI=1S/C16H27BrS2/c1-3-5-7-8-10-14(9-6-4-2)13-19-15-11-12-18-16(15)17/h11-12,14H,3-10,13H2,1-2H3. The molecule has 3 heteroatoms. The van der Waals surface area contributed by atoms with Crippen LogP contribution in [0.3, 0.4) is 0 Å². The van der Waals surface area contributed by atoms with Crippen LogP contribution in [0.15, 0.2) is 20.1 Å². The minimum absolute atomic E-state index is 0.911. The third kappa shape index (κ3) is 7.77. The van der Waals surface area contributed by atoms with Gasteiger partial charge in [-0.25, -0.2) is 0 Å². The van der Waals surface area contributed by atoms with E-state index in [9.17, 15) is 0 Å². The van der Waals surface area contributed by atoms with Gasteiger partial charge in [-0.05, 0) is 46.1 Å². The van der Waals surface area contributed by atoms with Gasteiger partial charge in [0.2, 0.25) is 0 Å². The monoisotopic (exact) mass is 362 g/mol. The largest absolute Gasteiger partial charge is 0.136 e. The zero-order valence-corrected chi connectivity index (χ0v) is 15.5. The van der Waals surface area contributed by atoms with E-state index in [1.807, 2.05) is 11.8 Å². The first-order valence-electron chi connectivity index (χ1n) is 7.63. The lowest BCUT2D eigenvalue weighted by Gasteiger charge is -2.16. The molecule has 0 N–H and O–H groups in total. The SMILES string of the molecule is CCCCCCC(CCCC)CSc1ccsc1Br. The normalized spacial score (nSPS) is 12.8. The summed E-state index contributed by atoms with van der Waals surface area (Å²) in [6.07, 6.45) is 11.2. The van der Waals surface area contributed by atoms with Crippen LogP contribution in [0.5, 0.6) is 0 Å². The minimum atomic E-state index is 0.911. The van der Waals surface area contributed by atoms with Crippen LogP contribution in [0.4, 0.5) is 0 Å². The predicted molar refractivity (Wildman–Crippen MR) is 94.5 cm³/mol. The van der Waals surface area contributed by atoms with Crippen molar-refractivity contribution < 1.29 is 0 Å². The van der Waals surface area contributed by atoms with E-state index in [4.69, 9.17) is 0 Å². The molecule has 19 heavy (non-hydrogen) atoms. The second-order valence-electron chi connectivity index (χ2n) is 5.23. The number of hydrogen-bond acceptors (Lipinski definition) is 2. The van der Waals surface area contributed by atoms with Gasteiger partial charge >= 0.3 is 0 Å². The summed E-state index contributed by atoms with van der Waals surface area (Å²) in [4.78, 5) is 1.43. The van der Waals surface area contributed by atoms with Gasteiger partial charge in [-0.15, -0.1) is 23.1 Å². The minimum Gasteiger partial charge on any atom is -0.136 e. The van der Waals surface area contributed by atoms with E-state index < -0.39 is 0 Å². The quantitative estimate of drug-likeness (QED) is 0.292. The summed E-state index contributed by atoms with van der Waals surface area (Å²) in [6, 6.07) is 2.24. The molecule has 1 rings (SSSR count). The average Bonchev–Trinajstić information content (AvgIpc) is 2.82. The van der Waals surface area contributed by atoms with Gasteiger partial charge in [-0.3, -0.25) is 0 Å². The molecule has 1 atom stereocenters. The van der Waals surface area contributed by atoms with Crippen molar-refractivity contribution in [2.45, 2.75) is 70.1 Å². The second-order valence-corrected chi connectivity index (χ2v) is 8.52. The Hall–Kier alpha value is 0.530. The van der Waals surface area contributed by atoms with Crippen molar-refractivity contribution >= 4 is 39.0 Å². The van der Waals surface area contributed by atoms with Crippen LogP contribution in [-0.4, -0.2) is 5.75 Å². The lowest BCUT2D eigenvalue weighted by Crippen LogP contribution is -2.04. The molecule has 0 fully saturated rings. The number of hydrogen-bond donors (Lipinski definition) is 0. The fourth-order valence-corrected chi connectivity index (χ4v) is 5.00. The molecule has 0 aromatic carbocycles. The third-order valence-electron chi connectivity index (χ3n) is 3.49. The second kappa shape index (κ2) is 11.2. The van der Waals surface area contributed by atoms with E-state index in [-0.39, 0.29) is 0 Å². The lowest BCUT2D eigenvalue weighted by molar-refractivity contribution is 0.451. The average molecular weight is 363 g/mol. The molecule has 0 aliphatic rings. The summed E-state index contributed by atoms with van der Waals surface area (Å²) < 4.78 is 1.30. The van der Waals surface area contributed by atoms with E-state index >= 15 is 0 Å². The fourth-order valence-electron chi connectivity index (χ4n) is 2.26. The van der Waals surface area contributed by atoms with Crippen molar-refractivity contribution in [3.8, 4) is 0 Å². The molecule has 0 radical (unpaired) electrons. The molecule has 0 spiro atoms. The van der Waals surface area contributed by atoms with E-state index in [0.717, 1.165) is 5.92 Å². The van der Waals surface area contributed by atoms with E-state index in [1.54, 1.807) is 11.3 Å². The first-order valence-corrected chi connectivity index (χ1v) is 10.3. The molecule has 0 bridgehead atoms. The van der Waals surface area contributed by atoms with Crippen molar-refractivity contribution in [2.75, 3.05) is 5.75 Å². The zero-order valence-electron chi connectivity index (χ0n) is 12.3. The predicted octanol–water partition coefficient (Wildman–Crippen LogP) is 7.38. The van der Waals surface area contributed by atoms with Gasteiger partial charge in [0, 0.05) is 10.6 Å². The Morgan fingerprint density at radius 3 is 2.47 bits per heavy atom. The summed E-state index contributed by atoms with van der Waals surface area (Å²) in [5.74, 6) is 2.20. The number of thioether (sulfide) groups is 1. The number of thiophene rings is 1. The summed E-state index contributed by atoms with van der Waals surface area (Å²) in [7, 11) is 0. The Morgan fingerprint density at radius 2 is 1.84 bits per heavy atom. The Morgan fingerprint density at radius 1 is 1.11 bits per heavy atom. The van der Waals surface area contributed by atoms with E-state index in [0.29, 0.717) is 0 Å². The fraction of sp³-hybridized carbons (Fsp3) is 0.750. The molecule has 0 aliphatic heterocycles. The summed E-state index contributed by atoms with van der Waals surface area (Å²) in [5, 5.41) is 2.18. The first-order chi connectivity index (χ1) is 9.27. The van der Waals surface area contributed by atoms with Gasteiger partial charge < -0.3 is 0 Å². The van der Waals surface area contributed by atoms with Crippen LogP contribution in [0.1, 0.15) is 65.2 Å². The van der Waals surface area contributed by atoms with Crippen LogP contribution in [0, 0.1) is 5.92 Å². The van der Waals surface area contributed by atoms with Crippen LogP contribution in [0.25, 0.3) is 0 Å². The van der Waals surface area contributed by atoms with Crippen molar-refractivity contribution in [1.29, 1.82) is 0 Å². The third-order valence-corrected chi connectivity index (χ3v) is 6.86. The summed E-state index contributed by atoms with van der Waals surface area (Å²) >= 11 is 7.47. The van der Waals surface area contributed by atoms with Crippen molar-refractivity contribution in [3.05, 3.63) is 15.2 Å². The molecule has 1 unspecified atom stereocenters. The van der Waals surface area contributed by atoms with Gasteiger partial charge in [0.1, 0.15) is 0 Å². The Labute approximate surface area is 135 Å². The molecule has 1 heterocycles. The van der Waals surface area contributed by atoms with Crippen molar-refractivity contribution in [3.63, 3.8) is 0 Å². The maximum absolute atomic E-state index is 3.64. The Bertz CT molecular complexity index is 322. The van der Waals surface area contributed by atoms with Crippen LogP contribution in [0.2, 0.25) is 0 Å². The highest BCUT2D eigenvalue weighted by molar-refractivity contribution is 9.11. The maximum Gasteiger partial charge on any atom is 0.0834 e. The Kier molecular flexibility index (Phi) is 10.4. The molecule has 110 valence electrons. The van der Waals surface area contributed by atoms with Gasteiger partial charge in [0.15, 0.2) is 0 Å². The molecule has 0 nitrogen and oxygen atoms in total. The van der Waals surface area contributed by atoms with Crippen LogP contribution < -0.4 is 0 Å². The molecule has 0 aliphatic carbocycles. The Balaban J connectivity index is 2.29. The zero-order chi connectivity index (χ0) is 13.9. The van der Waals surface area contributed by atoms with Gasteiger partial charge in [0.05, 0.1) is 3.79 Å². The maximum atomic E-state index is 3.64. The van der Waals surface area contributed by atoms with Gasteiger partial charge in [0.25, 0.3) is 0 Å². The number of unbranched alkanes of at least 4 members (excludes halogenated alkanes) is 4. The van der Waals surface area contributed by atoms with Crippen molar-refractivity contribution in [2.24, 2.45) is 5.92 Å².